The first kappa shape index (κ1) is 14.8. The largest absolute Gasteiger partial charge is 0.379 e. The van der Waals surface area contributed by atoms with Gasteiger partial charge in [0, 0.05) is 12.5 Å². The summed E-state index contributed by atoms with van der Waals surface area (Å²) in [4.78, 5) is 0. The smallest absolute Gasteiger partial charge is 0.0830 e. The topological polar surface area (TPSA) is 54.7 Å². The summed E-state index contributed by atoms with van der Waals surface area (Å²) in [6, 6.07) is 0. The van der Waals surface area contributed by atoms with Crippen molar-refractivity contribution in [3.8, 4) is 0 Å². The van der Waals surface area contributed by atoms with Gasteiger partial charge in [-0.15, -0.1) is 11.6 Å². The number of rotatable bonds is 12. The highest BCUT2D eigenvalue weighted by Gasteiger charge is 1.91. The normalized spacial score (nSPS) is 10.5. The van der Waals surface area contributed by atoms with Gasteiger partial charge in [0.2, 0.25) is 0 Å². The maximum atomic E-state index is 6.53. The summed E-state index contributed by atoms with van der Waals surface area (Å²) in [6.45, 7) is 2.99. The first-order chi connectivity index (χ1) is 7.41. The predicted octanol–water partition coefficient (Wildman–Crippen LogP) is 2.85. The van der Waals surface area contributed by atoms with Crippen LogP contribution in [0.15, 0.2) is 5.11 Å². The zero-order valence-corrected chi connectivity index (χ0v) is 9.97. The fourth-order valence-corrected chi connectivity index (χ4v) is 1.27. The van der Waals surface area contributed by atoms with E-state index >= 15 is 0 Å². The number of hydrogen-bond acceptors (Lipinski definition) is 4. The molecule has 0 amide bonds. The van der Waals surface area contributed by atoms with Crippen molar-refractivity contribution in [3.63, 3.8) is 0 Å². The number of halogens is 1. The molecular formula is C10H21ClN2O2. The van der Waals surface area contributed by atoms with Gasteiger partial charge in [-0.2, -0.15) is 5.11 Å². The second-order valence-electron chi connectivity index (χ2n) is 3.21. The van der Waals surface area contributed by atoms with E-state index in [2.05, 4.69) is 5.11 Å². The van der Waals surface area contributed by atoms with Crippen LogP contribution < -0.4 is 0 Å². The van der Waals surface area contributed by atoms with Gasteiger partial charge in [0.25, 0.3) is 0 Å². The van der Waals surface area contributed by atoms with Crippen LogP contribution in [0.1, 0.15) is 25.7 Å². The molecule has 0 unspecified atom stereocenters. The van der Waals surface area contributed by atoms with E-state index in [-0.39, 0.29) is 0 Å². The Balaban J connectivity index is 2.83. The van der Waals surface area contributed by atoms with Crippen molar-refractivity contribution in [1.82, 2.24) is 0 Å². The number of unbranched alkanes of at least 4 members (excludes halogenated alkanes) is 3. The molecule has 0 bridgehead atoms. The van der Waals surface area contributed by atoms with Gasteiger partial charge in [0.1, 0.15) is 0 Å². The highest BCUT2D eigenvalue weighted by atomic mass is 35.5. The third-order valence-electron chi connectivity index (χ3n) is 1.89. The molecule has 0 aromatic heterocycles. The van der Waals surface area contributed by atoms with Crippen molar-refractivity contribution in [2.75, 3.05) is 38.9 Å². The van der Waals surface area contributed by atoms with Gasteiger partial charge in [-0.25, -0.2) is 5.53 Å². The molecule has 0 saturated carbocycles. The third-order valence-corrected chi connectivity index (χ3v) is 2.16. The van der Waals surface area contributed by atoms with E-state index < -0.39 is 0 Å². The van der Waals surface area contributed by atoms with E-state index in [0.29, 0.717) is 26.4 Å². The molecular weight excluding hydrogens is 216 g/mol. The van der Waals surface area contributed by atoms with Crippen LogP contribution in [0.4, 0.5) is 0 Å². The van der Waals surface area contributed by atoms with Gasteiger partial charge in [0.05, 0.1) is 26.4 Å². The Morgan fingerprint density at radius 1 is 0.867 bits per heavy atom. The van der Waals surface area contributed by atoms with Gasteiger partial charge in [-0.3, -0.25) is 0 Å². The van der Waals surface area contributed by atoms with Crippen molar-refractivity contribution in [1.29, 1.82) is 5.53 Å². The molecule has 0 rings (SSSR count). The summed E-state index contributed by atoms with van der Waals surface area (Å²) < 4.78 is 10.5. The fourth-order valence-electron chi connectivity index (χ4n) is 1.08. The molecule has 0 saturated heterocycles. The molecule has 15 heavy (non-hydrogen) atoms. The Hall–Kier alpha value is -0.190. The average molecular weight is 237 g/mol. The standard InChI is InChI=1S/C10H21ClN2O2/c11-5-3-1-2-4-7-14-9-10-15-8-6-13-12/h12H,1-10H2. The monoisotopic (exact) mass is 236 g/mol. The summed E-state index contributed by atoms with van der Waals surface area (Å²) in [6.07, 6.45) is 4.57. The van der Waals surface area contributed by atoms with E-state index in [0.717, 1.165) is 25.3 Å². The minimum absolute atomic E-state index is 0.443. The SMILES string of the molecule is N=NCCOCCOCCCCCCCl. The first-order valence-electron chi connectivity index (χ1n) is 5.46. The van der Waals surface area contributed by atoms with E-state index in [4.69, 9.17) is 26.6 Å². The minimum Gasteiger partial charge on any atom is -0.379 e. The highest BCUT2D eigenvalue weighted by molar-refractivity contribution is 6.17. The molecule has 4 nitrogen and oxygen atoms in total. The number of nitrogens with zero attached hydrogens (tertiary/aromatic N) is 1. The lowest BCUT2D eigenvalue weighted by atomic mass is 10.2. The highest BCUT2D eigenvalue weighted by Crippen LogP contribution is 2.00. The lowest BCUT2D eigenvalue weighted by Gasteiger charge is -2.04. The van der Waals surface area contributed by atoms with Crippen LogP contribution in [-0.2, 0) is 9.47 Å². The molecule has 0 aromatic rings. The summed E-state index contributed by atoms with van der Waals surface area (Å²) in [5.74, 6) is 0.760. The quantitative estimate of drug-likeness (QED) is 0.322. The van der Waals surface area contributed by atoms with Crippen LogP contribution in [0, 0.1) is 5.53 Å². The number of hydrogen-bond donors (Lipinski definition) is 1. The molecule has 5 heteroatoms. The van der Waals surface area contributed by atoms with Gasteiger partial charge in [0.15, 0.2) is 0 Å². The number of nitrogens with one attached hydrogen (secondary N) is 1. The number of alkyl halides is 1. The molecule has 0 aliphatic carbocycles. The van der Waals surface area contributed by atoms with Gasteiger partial charge < -0.3 is 9.47 Å². The maximum absolute atomic E-state index is 6.53. The molecule has 90 valence electrons. The second-order valence-corrected chi connectivity index (χ2v) is 3.59. The minimum atomic E-state index is 0.443. The van der Waals surface area contributed by atoms with Gasteiger partial charge in [-0.05, 0) is 12.8 Å². The van der Waals surface area contributed by atoms with Crippen LogP contribution in [0.2, 0.25) is 0 Å². The summed E-state index contributed by atoms with van der Waals surface area (Å²) >= 11 is 5.56. The molecule has 0 atom stereocenters. The van der Waals surface area contributed by atoms with Crippen LogP contribution in [0.3, 0.4) is 0 Å². The molecule has 0 fully saturated rings. The second kappa shape index (κ2) is 13.8. The lowest BCUT2D eigenvalue weighted by Crippen LogP contribution is -2.07. The molecule has 0 aliphatic heterocycles. The van der Waals surface area contributed by atoms with E-state index in [1.807, 2.05) is 0 Å². The lowest BCUT2D eigenvalue weighted by molar-refractivity contribution is 0.0489. The van der Waals surface area contributed by atoms with E-state index in [1.165, 1.54) is 12.8 Å². The zero-order chi connectivity index (χ0) is 11.2. The molecule has 0 spiro atoms. The van der Waals surface area contributed by atoms with Crippen LogP contribution >= 0.6 is 11.6 Å². The Morgan fingerprint density at radius 3 is 2.20 bits per heavy atom. The van der Waals surface area contributed by atoms with Crippen molar-refractivity contribution in [3.05, 3.63) is 0 Å². The summed E-state index contributed by atoms with van der Waals surface area (Å²) in [5, 5.41) is 3.18. The van der Waals surface area contributed by atoms with Crippen molar-refractivity contribution < 1.29 is 9.47 Å². The summed E-state index contributed by atoms with van der Waals surface area (Å²) in [5.41, 5.74) is 6.53. The van der Waals surface area contributed by atoms with Crippen LogP contribution in [0.5, 0.6) is 0 Å². The third kappa shape index (κ3) is 13.8. The van der Waals surface area contributed by atoms with E-state index in [9.17, 15) is 0 Å². The van der Waals surface area contributed by atoms with Gasteiger partial charge in [-0.1, -0.05) is 12.8 Å². The number of ether oxygens (including phenoxy) is 2. The van der Waals surface area contributed by atoms with E-state index in [1.54, 1.807) is 0 Å². The Morgan fingerprint density at radius 2 is 1.53 bits per heavy atom. The predicted molar refractivity (Wildman–Crippen MR) is 60.8 cm³/mol. The molecule has 0 aliphatic rings. The first-order valence-corrected chi connectivity index (χ1v) is 6.00. The van der Waals surface area contributed by atoms with Gasteiger partial charge >= 0.3 is 0 Å². The van der Waals surface area contributed by atoms with Crippen molar-refractivity contribution in [2.45, 2.75) is 25.7 Å². The summed E-state index contributed by atoms with van der Waals surface area (Å²) in [7, 11) is 0. The fraction of sp³-hybridized carbons (Fsp3) is 1.00. The van der Waals surface area contributed by atoms with Crippen molar-refractivity contribution >= 4 is 11.6 Å². The van der Waals surface area contributed by atoms with Crippen LogP contribution in [-0.4, -0.2) is 38.9 Å². The maximum Gasteiger partial charge on any atom is 0.0830 e. The van der Waals surface area contributed by atoms with Crippen LogP contribution in [0.25, 0.3) is 0 Å². The van der Waals surface area contributed by atoms with Crippen molar-refractivity contribution in [2.24, 2.45) is 5.11 Å². The molecule has 0 aromatic carbocycles. The molecule has 1 N–H and O–H groups in total. The molecule has 0 radical (unpaired) electrons. The average Bonchev–Trinajstić information content (AvgIpc) is 2.26. The Bertz CT molecular complexity index is 137. The Labute approximate surface area is 96.8 Å². The molecule has 0 heterocycles. The Kier molecular flexibility index (Phi) is 13.6. The zero-order valence-electron chi connectivity index (χ0n) is 9.21.